The van der Waals surface area contributed by atoms with Gasteiger partial charge < -0.3 is 9.84 Å². The van der Waals surface area contributed by atoms with Gasteiger partial charge in [-0.2, -0.15) is 0 Å². The lowest BCUT2D eigenvalue weighted by Crippen LogP contribution is -2.33. The van der Waals surface area contributed by atoms with Crippen LogP contribution in [0.2, 0.25) is 0 Å². The number of aliphatic carboxylic acids is 1. The molecule has 1 aliphatic carbocycles. The fourth-order valence-electron chi connectivity index (χ4n) is 2.64. The van der Waals surface area contributed by atoms with E-state index in [0.29, 0.717) is 13.0 Å². The molecule has 0 heterocycles. The van der Waals surface area contributed by atoms with Gasteiger partial charge in [-0.1, -0.05) is 32.1 Å². The normalized spacial score (nSPS) is 20.9. The number of carboxylic acid groups (broad SMARTS) is 1. The SMILES string of the molecule is CC(C)OCCC1(C(=O)O)CCCCCCC1. The van der Waals surface area contributed by atoms with Gasteiger partial charge in [0.05, 0.1) is 11.5 Å². The highest BCUT2D eigenvalue weighted by Gasteiger charge is 2.37. The van der Waals surface area contributed by atoms with Crippen molar-refractivity contribution in [3.05, 3.63) is 0 Å². The zero-order chi connectivity index (χ0) is 12.7. The Morgan fingerprint density at radius 3 is 2.18 bits per heavy atom. The molecule has 1 N–H and O–H groups in total. The molecule has 0 aromatic heterocycles. The van der Waals surface area contributed by atoms with E-state index in [9.17, 15) is 9.90 Å². The summed E-state index contributed by atoms with van der Waals surface area (Å²) in [7, 11) is 0. The van der Waals surface area contributed by atoms with Gasteiger partial charge in [0.25, 0.3) is 0 Å². The minimum absolute atomic E-state index is 0.189. The monoisotopic (exact) mass is 242 g/mol. The molecule has 0 amide bonds. The number of hydrogen-bond acceptors (Lipinski definition) is 2. The standard InChI is InChI=1S/C14H26O3/c1-12(2)17-11-10-14(13(15)16)8-6-4-3-5-7-9-14/h12H,3-11H2,1-2H3,(H,15,16). The van der Waals surface area contributed by atoms with Crippen molar-refractivity contribution in [1.82, 2.24) is 0 Å². The average molecular weight is 242 g/mol. The Morgan fingerprint density at radius 1 is 1.18 bits per heavy atom. The van der Waals surface area contributed by atoms with Gasteiger partial charge in [-0.25, -0.2) is 0 Å². The van der Waals surface area contributed by atoms with Gasteiger partial charge in [0.15, 0.2) is 0 Å². The smallest absolute Gasteiger partial charge is 0.309 e. The molecule has 1 aliphatic rings. The zero-order valence-electron chi connectivity index (χ0n) is 11.2. The first-order valence-corrected chi connectivity index (χ1v) is 6.92. The van der Waals surface area contributed by atoms with Gasteiger partial charge in [0.1, 0.15) is 0 Å². The van der Waals surface area contributed by atoms with E-state index in [0.717, 1.165) is 25.7 Å². The van der Waals surface area contributed by atoms with Crippen molar-refractivity contribution in [2.75, 3.05) is 6.61 Å². The Morgan fingerprint density at radius 2 is 1.71 bits per heavy atom. The summed E-state index contributed by atoms with van der Waals surface area (Å²) in [6.45, 7) is 4.56. The molecule has 0 unspecified atom stereocenters. The van der Waals surface area contributed by atoms with E-state index in [-0.39, 0.29) is 6.10 Å². The van der Waals surface area contributed by atoms with E-state index >= 15 is 0 Å². The zero-order valence-corrected chi connectivity index (χ0v) is 11.2. The number of carbonyl (C=O) groups is 1. The van der Waals surface area contributed by atoms with Gasteiger partial charge in [0.2, 0.25) is 0 Å². The summed E-state index contributed by atoms with van der Waals surface area (Å²) in [5.74, 6) is -0.619. The molecule has 1 saturated carbocycles. The molecule has 0 radical (unpaired) electrons. The maximum Gasteiger partial charge on any atom is 0.309 e. The second-order valence-electron chi connectivity index (χ2n) is 5.52. The van der Waals surface area contributed by atoms with Crippen LogP contribution in [0.3, 0.4) is 0 Å². The Hall–Kier alpha value is -0.570. The molecule has 0 saturated heterocycles. The van der Waals surface area contributed by atoms with Crippen molar-refractivity contribution in [3.8, 4) is 0 Å². The van der Waals surface area contributed by atoms with E-state index < -0.39 is 11.4 Å². The molecule has 0 aromatic rings. The summed E-state index contributed by atoms with van der Waals surface area (Å²) < 4.78 is 5.53. The second-order valence-corrected chi connectivity index (χ2v) is 5.52. The van der Waals surface area contributed by atoms with Crippen LogP contribution in [0, 0.1) is 5.41 Å². The molecule has 1 rings (SSSR count). The van der Waals surface area contributed by atoms with Crippen LogP contribution in [-0.2, 0) is 9.53 Å². The van der Waals surface area contributed by atoms with Crippen molar-refractivity contribution in [1.29, 1.82) is 0 Å². The van der Waals surface area contributed by atoms with Crippen LogP contribution in [0.15, 0.2) is 0 Å². The quantitative estimate of drug-likeness (QED) is 0.801. The van der Waals surface area contributed by atoms with Crippen molar-refractivity contribution in [2.24, 2.45) is 5.41 Å². The van der Waals surface area contributed by atoms with Gasteiger partial charge in [-0.05, 0) is 33.1 Å². The summed E-state index contributed by atoms with van der Waals surface area (Å²) >= 11 is 0. The molecule has 0 aromatic carbocycles. The highest BCUT2D eigenvalue weighted by molar-refractivity contribution is 5.74. The minimum atomic E-state index is -0.619. The van der Waals surface area contributed by atoms with E-state index in [1.54, 1.807) is 0 Å². The highest BCUT2D eigenvalue weighted by Crippen LogP contribution is 2.37. The first-order chi connectivity index (χ1) is 8.07. The first kappa shape index (κ1) is 14.5. The Bertz CT molecular complexity index is 228. The van der Waals surface area contributed by atoms with Crippen LogP contribution >= 0.6 is 0 Å². The van der Waals surface area contributed by atoms with Crippen molar-refractivity contribution < 1.29 is 14.6 Å². The third-order valence-electron chi connectivity index (χ3n) is 3.80. The van der Waals surface area contributed by atoms with Crippen molar-refractivity contribution >= 4 is 5.97 Å². The van der Waals surface area contributed by atoms with Crippen LogP contribution in [0.5, 0.6) is 0 Å². The molecule has 0 atom stereocenters. The fourth-order valence-corrected chi connectivity index (χ4v) is 2.64. The molecule has 0 aliphatic heterocycles. The molecule has 3 heteroatoms. The van der Waals surface area contributed by atoms with Crippen LogP contribution in [0.4, 0.5) is 0 Å². The molecule has 17 heavy (non-hydrogen) atoms. The van der Waals surface area contributed by atoms with Crippen LogP contribution in [-0.4, -0.2) is 23.8 Å². The molecule has 100 valence electrons. The Balaban J connectivity index is 2.55. The van der Waals surface area contributed by atoms with E-state index in [2.05, 4.69) is 0 Å². The summed E-state index contributed by atoms with van der Waals surface area (Å²) in [6.07, 6.45) is 8.23. The molecular formula is C14H26O3. The van der Waals surface area contributed by atoms with Gasteiger partial charge in [-0.15, -0.1) is 0 Å². The molecule has 0 spiro atoms. The molecular weight excluding hydrogens is 216 g/mol. The average Bonchev–Trinajstić information content (AvgIpc) is 2.20. The van der Waals surface area contributed by atoms with Crippen LogP contribution in [0.25, 0.3) is 0 Å². The van der Waals surface area contributed by atoms with Crippen LogP contribution in [0.1, 0.15) is 65.2 Å². The molecule has 0 bridgehead atoms. The van der Waals surface area contributed by atoms with Crippen molar-refractivity contribution in [2.45, 2.75) is 71.3 Å². The summed E-state index contributed by atoms with van der Waals surface area (Å²) in [4.78, 5) is 11.6. The van der Waals surface area contributed by atoms with Crippen molar-refractivity contribution in [3.63, 3.8) is 0 Å². The lowest BCUT2D eigenvalue weighted by molar-refractivity contribution is -0.152. The Kier molecular flexibility index (Phi) is 5.96. The number of carboxylic acids is 1. The lowest BCUT2D eigenvalue weighted by Gasteiger charge is -2.31. The third kappa shape index (κ3) is 4.66. The van der Waals surface area contributed by atoms with E-state index in [1.807, 2.05) is 13.8 Å². The third-order valence-corrected chi connectivity index (χ3v) is 3.80. The lowest BCUT2D eigenvalue weighted by atomic mass is 9.74. The molecule has 3 nitrogen and oxygen atoms in total. The minimum Gasteiger partial charge on any atom is -0.481 e. The highest BCUT2D eigenvalue weighted by atomic mass is 16.5. The fraction of sp³-hybridized carbons (Fsp3) is 0.929. The van der Waals surface area contributed by atoms with Gasteiger partial charge in [0, 0.05) is 6.61 Å². The summed E-state index contributed by atoms with van der Waals surface area (Å²) in [5, 5.41) is 9.52. The summed E-state index contributed by atoms with van der Waals surface area (Å²) in [5.41, 5.74) is -0.519. The first-order valence-electron chi connectivity index (χ1n) is 6.92. The second kappa shape index (κ2) is 7.00. The predicted molar refractivity (Wildman–Crippen MR) is 68.1 cm³/mol. The number of rotatable bonds is 5. The van der Waals surface area contributed by atoms with E-state index in [1.165, 1.54) is 19.3 Å². The van der Waals surface area contributed by atoms with Gasteiger partial charge >= 0.3 is 5.97 Å². The number of ether oxygens (including phenoxy) is 1. The maximum atomic E-state index is 11.6. The maximum absolute atomic E-state index is 11.6. The topological polar surface area (TPSA) is 46.5 Å². The van der Waals surface area contributed by atoms with Gasteiger partial charge in [-0.3, -0.25) is 4.79 Å². The predicted octanol–water partition coefficient (Wildman–Crippen LogP) is 3.62. The summed E-state index contributed by atoms with van der Waals surface area (Å²) in [6, 6.07) is 0. The largest absolute Gasteiger partial charge is 0.481 e. The number of hydrogen-bond donors (Lipinski definition) is 1. The van der Waals surface area contributed by atoms with Crippen LogP contribution < -0.4 is 0 Å². The Labute approximate surface area is 105 Å². The van der Waals surface area contributed by atoms with E-state index in [4.69, 9.17) is 4.74 Å². The molecule has 1 fully saturated rings.